The van der Waals surface area contributed by atoms with Gasteiger partial charge >= 0.3 is 0 Å². The van der Waals surface area contributed by atoms with Crippen LogP contribution in [0.3, 0.4) is 0 Å². The van der Waals surface area contributed by atoms with Crippen molar-refractivity contribution in [2.45, 2.75) is 10.3 Å². The van der Waals surface area contributed by atoms with Gasteiger partial charge in [0, 0.05) is 21.7 Å². The molecule has 2 amide bonds. The number of anilines is 2. The monoisotopic (exact) mass is 569 g/mol. The lowest BCUT2D eigenvalue weighted by Gasteiger charge is -2.11. The molecule has 5 nitrogen and oxygen atoms in total. The Kier molecular flexibility index (Phi) is 7.19. The number of amides is 2. The third kappa shape index (κ3) is 5.35. The number of benzene rings is 3. The predicted molar refractivity (Wildman–Crippen MR) is 136 cm³/mol. The van der Waals surface area contributed by atoms with Crippen molar-refractivity contribution in [2.75, 3.05) is 10.6 Å². The van der Waals surface area contributed by atoms with E-state index in [0.717, 1.165) is 12.1 Å². The summed E-state index contributed by atoms with van der Waals surface area (Å²) in [6, 6.07) is 14.3. The van der Waals surface area contributed by atoms with E-state index in [1.807, 2.05) is 6.07 Å². The van der Waals surface area contributed by atoms with E-state index in [-0.39, 0.29) is 27.5 Å². The summed E-state index contributed by atoms with van der Waals surface area (Å²) in [6.45, 7) is 0. The molecule has 1 saturated carbocycles. The van der Waals surface area contributed by atoms with E-state index in [4.69, 9.17) is 58.0 Å². The van der Waals surface area contributed by atoms with Crippen molar-refractivity contribution in [1.82, 2.24) is 0 Å². The molecule has 4 rings (SSSR count). The quantitative estimate of drug-likeness (QED) is 0.313. The lowest BCUT2D eigenvalue weighted by molar-refractivity contribution is -0.117. The second-order valence-corrected chi connectivity index (χ2v) is 10.5. The fourth-order valence-electron chi connectivity index (χ4n) is 3.73. The summed E-state index contributed by atoms with van der Waals surface area (Å²) >= 11 is 31.1. The molecule has 3 aromatic rings. The summed E-state index contributed by atoms with van der Waals surface area (Å²) in [4.78, 5) is 25.8. The molecule has 0 bridgehead atoms. The van der Waals surface area contributed by atoms with Gasteiger partial charge in [0.15, 0.2) is 0 Å². The molecule has 11 heteroatoms. The number of hydrogen-bond donors (Lipinski definition) is 2. The standard InChI is InChI=1S/C24H13Cl5FN3O2/c25-13-5-11(6-14(26)8-13)20-21(24(20,28)29)23(35)32-16-2-3-18(27)17(9-16)22(34)33-19-4-1-15(30)7-12(19)10-31/h1-9,20-21H,(H,32,35)(H,33,34)/t20-,21+/m1/s1. The molecule has 0 aromatic heterocycles. The van der Waals surface area contributed by atoms with Crippen molar-refractivity contribution in [3.8, 4) is 6.07 Å². The predicted octanol–water partition coefficient (Wildman–Crippen LogP) is 7.44. The minimum Gasteiger partial charge on any atom is -0.326 e. The highest BCUT2D eigenvalue weighted by Gasteiger charge is 2.67. The molecule has 2 atom stereocenters. The Balaban J connectivity index is 1.53. The maximum Gasteiger partial charge on any atom is 0.257 e. The number of halogens is 6. The molecule has 0 saturated heterocycles. The Bertz CT molecular complexity index is 1390. The number of hydrogen-bond acceptors (Lipinski definition) is 3. The Morgan fingerprint density at radius 3 is 2.29 bits per heavy atom. The van der Waals surface area contributed by atoms with Gasteiger partial charge in [-0.3, -0.25) is 9.59 Å². The first-order chi connectivity index (χ1) is 16.5. The van der Waals surface area contributed by atoms with Crippen molar-refractivity contribution in [2.24, 2.45) is 5.92 Å². The highest BCUT2D eigenvalue weighted by Crippen LogP contribution is 2.65. The number of rotatable bonds is 5. The van der Waals surface area contributed by atoms with Crippen LogP contribution in [-0.4, -0.2) is 16.1 Å². The summed E-state index contributed by atoms with van der Waals surface area (Å²) < 4.78 is 12.0. The third-order valence-corrected chi connectivity index (χ3v) is 7.12. The van der Waals surface area contributed by atoms with Crippen LogP contribution < -0.4 is 10.6 Å². The zero-order chi connectivity index (χ0) is 25.5. The Hall–Kier alpha value is -2.53. The van der Waals surface area contributed by atoms with Crippen LogP contribution in [0.25, 0.3) is 0 Å². The lowest BCUT2D eigenvalue weighted by Crippen LogP contribution is -2.18. The second kappa shape index (κ2) is 9.85. The van der Waals surface area contributed by atoms with Crippen LogP contribution in [-0.2, 0) is 4.79 Å². The van der Waals surface area contributed by atoms with Gasteiger partial charge in [-0.2, -0.15) is 5.26 Å². The first-order valence-electron chi connectivity index (χ1n) is 9.96. The topological polar surface area (TPSA) is 82.0 Å². The van der Waals surface area contributed by atoms with Crippen molar-refractivity contribution in [3.63, 3.8) is 0 Å². The first kappa shape index (κ1) is 25.6. The molecule has 0 unspecified atom stereocenters. The van der Waals surface area contributed by atoms with Gasteiger partial charge in [0.1, 0.15) is 16.2 Å². The number of carbonyl (C=O) groups is 2. The normalized spacial score (nSPS) is 17.9. The molecular weight excluding hydrogens is 559 g/mol. The van der Waals surface area contributed by atoms with Gasteiger partial charge in [0.05, 0.1) is 27.8 Å². The molecule has 1 fully saturated rings. The van der Waals surface area contributed by atoms with Crippen molar-refractivity contribution < 1.29 is 14.0 Å². The second-order valence-electron chi connectivity index (χ2n) is 7.77. The minimum atomic E-state index is -1.37. The van der Waals surface area contributed by atoms with Crippen molar-refractivity contribution >= 4 is 81.2 Å². The third-order valence-electron chi connectivity index (χ3n) is 5.41. The van der Waals surface area contributed by atoms with Gasteiger partial charge < -0.3 is 10.6 Å². The molecule has 0 radical (unpaired) electrons. The molecule has 0 spiro atoms. The summed E-state index contributed by atoms with van der Waals surface area (Å²) in [5.74, 6) is -3.09. The van der Waals surface area contributed by atoms with Gasteiger partial charge in [0.25, 0.3) is 5.91 Å². The van der Waals surface area contributed by atoms with Gasteiger partial charge in [-0.05, 0) is 60.2 Å². The molecule has 2 N–H and O–H groups in total. The van der Waals surface area contributed by atoms with E-state index >= 15 is 0 Å². The summed E-state index contributed by atoms with van der Waals surface area (Å²) in [5.41, 5.74) is 0.967. The SMILES string of the molecule is N#Cc1cc(F)ccc1NC(=O)c1cc(NC(=O)[C@@H]2[C@@H](c3cc(Cl)cc(Cl)c3)C2(Cl)Cl)ccc1Cl. The molecule has 0 heterocycles. The lowest BCUT2D eigenvalue weighted by atomic mass is 10.1. The molecule has 1 aliphatic carbocycles. The van der Waals surface area contributed by atoms with Crippen LogP contribution in [0.1, 0.15) is 27.4 Å². The maximum atomic E-state index is 13.4. The van der Waals surface area contributed by atoms with Crippen molar-refractivity contribution in [3.05, 3.63) is 92.2 Å². The highest BCUT2D eigenvalue weighted by atomic mass is 35.5. The fourth-order valence-corrected chi connectivity index (χ4v) is 5.30. The van der Waals surface area contributed by atoms with E-state index in [1.165, 1.54) is 24.3 Å². The van der Waals surface area contributed by atoms with Gasteiger partial charge in [0.2, 0.25) is 5.91 Å². The molecule has 3 aromatic carbocycles. The molecule has 0 aliphatic heterocycles. The van der Waals surface area contributed by atoms with Gasteiger partial charge in [-0.25, -0.2) is 4.39 Å². The van der Waals surface area contributed by atoms with Crippen molar-refractivity contribution in [1.29, 1.82) is 5.26 Å². The van der Waals surface area contributed by atoms with E-state index < -0.39 is 33.8 Å². The van der Waals surface area contributed by atoms with E-state index in [9.17, 15) is 19.2 Å². The van der Waals surface area contributed by atoms with Crippen LogP contribution in [0.2, 0.25) is 15.1 Å². The number of alkyl halides is 2. The van der Waals surface area contributed by atoms with Crippen LogP contribution in [0.15, 0.2) is 54.6 Å². The smallest absolute Gasteiger partial charge is 0.257 e. The first-order valence-corrected chi connectivity index (χ1v) is 11.9. The average molecular weight is 572 g/mol. The summed E-state index contributed by atoms with van der Waals surface area (Å²) in [6.07, 6.45) is 0. The fraction of sp³-hybridized carbons (Fsp3) is 0.125. The van der Waals surface area contributed by atoms with Crippen LogP contribution >= 0.6 is 58.0 Å². The van der Waals surface area contributed by atoms with E-state index in [2.05, 4.69) is 10.6 Å². The molecule has 178 valence electrons. The number of carbonyl (C=O) groups excluding carboxylic acids is 2. The van der Waals surface area contributed by atoms with Gasteiger partial charge in [-0.1, -0.05) is 34.8 Å². The maximum absolute atomic E-state index is 13.4. The molecule has 35 heavy (non-hydrogen) atoms. The largest absolute Gasteiger partial charge is 0.326 e. The molecular formula is C24H13Cl5FN3O2. The van der Waals surface area contributed by atoms with Crippen LogP contribution in [0.4, 0.5) is 15.8 Å². The Morgan fingerprint density at radius 1 is 0.943 bits per heavy atom. The number of nitrogens with zero attached hydrogens (tertiary/aromatic N) is 1. The average Bonchev–Trinajstić information content (AvgIpc) is 3.37. The van der Waals surface area contributed by atoms with Crippen LogP contribution in [0.5, 0.6) is 0 Å². The van der Waals surface area contributed by atoms with Gasteiger partial charge in [-0.15, -0.1) is 23.2 Å². The van der Waals surface area contributed by atoms with E-state index in [0.29, 0.717) is 15.6 Å². The summed E-state index contributed by atoms with van der Waals surface area (Å²) in [7, 11) is 0. The summed E-state index contributed by atoms with van der Waals surface area (Å²) in [5, 5.41) is 15.3. The number of nitriles is 1. The highest BCUT2D eigenvalue weighted by molar-refractivity contribution is 6.53. The number of nitrogens with one attached hydrogen (secondary N) is 2. The zero-order valence-corrected chi connectivity index (χ0v) is 21.2. The molecule has 1 aliphatic rings. The van der Waals surface area contributed by atoms with Crippen LogP contribution in [0, 0.1) is 23.1 Å². The van der Waals surface area contributed by atoms with E-state index in [1.54, 1.807) is 18.2 Å². The minimum absolute atomic E-state index is 0.0228. The Morgan fingerprint density at radius 2 is 1.63 bits per heavy atom. The zero-order valence-electron chi connectivity index (χ0n) is 17.4. The Labute approximate surface area is 224 Å².